The molecule has 0 aliphatic heterocycles. The first-order valence-corrected chi connectivity index (χ1v) is 6.14. The highest BCUT2D eigenvalue weighted by molar-refractivity contribution is 5.29. The Morgan fingerprint density at radius 2 is 2.00 bits per heavy atom. The smallest absolute Gasteiger partial charge is 0.174 e. The van der Waals surface area contributed by atoms with Crippen molar-refractivity contribution in [2.24, 2.45) is 0 Å². The Hall–Kier alpha value is -1.57. The molecule has 2 N–H and O–H groups in total. The average Bonchev–Trinajstić information content (AvgIpc) is 2.37. The number of benzene rings is 1. The van der Waals surface area contributed by atoms with E-state index in [-0.39, 0.29) is 25.3 Å². The van der Waals surface area contributed by atoms with Crippen LogP contribution in [0.3, 0.4) is 0 Å². The second-order valence-electron chi connectivity index (χ2n) is 4.32. The topological polar surface area (TPSA) is 65.3 Å². The summed E-state index contributed by atoms with van der Waals surface area (Å²) < 4.78 is 5.19. The highest BCUT2D eigenvalue weighted by Crippen LogP contribution is 2.18. The Morgan fingerprint density at radius 3 is 2.56 bits per heavy atom. The first-order valence-electron chi connectivity index (χ1n) is 6.14. The molecule has 0 heterocycles. The number of nitrogens with one attached hydrogen (secondary N) is 1. The number of aliphatic hydroxyl groups is 1. The van der Waals surface area contributed by atoms with Crippen molar-refractivity contribution >= 4 is 0 Å². The summed E-state index contributed by atoms with van der Waals surface area (Å²) >= 11 is 0. The molecule has 0 amide bonds. The summed E-state index contributed by atoms with van der Waals surface area (Å²) in [5.74, 6) is 0.705. The lowest BCUT2D eigenvalue weighted by molar-refractivity contribution is 0.264. The first kappa shape index (κ1) is 14.5. The van der Waals surface area contributed by atoms with Gasteiger partial charge in [0.25, 0.3) is 0 Å². The molecule has 2 unspecified atom stereocenters. The SMILES string of the molecule is CC(CCO)NC(C)c1ccc(OCC#N)cc1. The van der Waals surface area contributed by atoms with Crippen molar-refractivity contribution in [3.8, 4) is 11.8 Å². The van der Waals surface area contributed by atoms with Crippen LogP contribution in [0.1, 0.15) is 31.9 Å². The van der Waals surface area contributed by atoms with Crippen molar-refractivity contribution in [2.75, 3.05) is 13.2 Å². The van der Waals surface area contributed by atoms with Gasteiger partial charge in [0.1, 0.15) is 11.8 Å². The third-order valence-electron chi connectivity index (χ3n) is 2.78. The predicted molar refractivity (Wildman–Crippen MR) is 70.3 cm³/mol. The largest absolute Gasteiger partial charge is 0.479 e. The Balaban J connectivity index is 2.53. The average molecular weight is 248 g/mol. The van der Waals surface area contributed by atoms with Gasteiger partial charge in [-0.2, -0.15) is 5.26 Å². The van der Waals surface area contributed by atoms with Crippen molar-refractivity contribution in [3.05, 3.63) is 29.8 Å². The van der Waals surface area contributed by atoms with Gasteiger partial charge in [0.2, 0.25) is 0 Å². The van der Waals surface area contributed by atoms with Crippen LogP contribution < -0.4 is 10.1 Å². The number of rotatable bonds is 7. The van der Waals surface area contributed by atoms with E-state index in [1.807, 2.05) is 30.3 Å². The molecule has 98 valence electrons. The van der Waals surface area contributed by atoms with E-state index >= 15 is 0 Å². The van der Waals surface area contributed by atoms with Crippen molar-refractivity contribution in [1.82, 2.24) is 5.32 Å². The highest BCUT2D eigenvalue weighted by Gasteiger charge is 2.09. The second-order valence-corrected chi connectivity index (χ2v) is 4.32. The fraction of sp³-hybridized carbons (Fsp3) is 0.500. The summed E-state index contributed by atoms with van der Waals surface area (Å²) in [5, 5.41) is 20.7. The van der Waals surface area contributed by atoms with Gasteiger partial charge in [-0.05, 0) is 38.0 Å². The second kappa shape index (κ2) is 7.70. The minimum absolute atomic E-state index is 0.0701. The molecule has 0 aromatic heterocycles. The lowest BCUT2D eigenvalue weighted by Crippen LogP contribution is -2.29. The van der Waals surface area contributed by atoms with Crippen LogP contribution in [0, 0.1) is 11.3 Å². The van der Waals surface area contributed by atoms with Crippen LogP contribution in [0.25, 0.3) is 0 Å². The summed E-state index contributed by atoms with van der Waals surface area (Å²) in [5.41, 5.74) is 1.16. The van der Waals surface area contributed by atoms with E-state index in [2.05, 4.69) is 19.2 Å². The molecule has 0 bridgehead atoms. The number of aliphatic hydroxyl groups excluding tert-OH is 1. The summed E-state index contributed by atoms with van der Waals surface area (Å²) in [4.78, 5) is 0. The number of ether oxygens (including phenoxy) is 1. The number of hydrogen-bond acceptors (Lipinski definition) is 4. The highest BCUT2D eigenvalue weighted by atomic mass is 16.5. The quantitative estimate of drug-likeness (QED) is 0.774. The Bertz CT molecular complexity index is 384. The molecule has 18 heavy (non-hydrogen) atoms. The van der Waals surface area contributed by atoms with Crippen molar-refractivity contribution in [1.29, 1.82) is 5.26 Å². The molecule has 2 atom stereocenters. The fourth-order valence-corrected chi connectivity index (χ4v) is 1.77. The van der Waals surface area contributed by atoms with Gasteiger partial charge < -0.3 is 15.2 Å². The molecule has 0 saturated heterocycles. The van der Waals surface area contributed by atoms with E-state index in [4.69, 9.17) is 15.1 Å². The summed E-state index contributed by atoms with van der Waals surface area (Å²) in [6.07, 6.45) is 0.744. The number of nitrogens with zero attached hydrogens (tertiary/aromatic N) is 1. The maximum absolute atomic E-state index is 8.86. The van der Waals surface area contributed by atoms with E-state index in [9.17, 15) is 0 Å². The van der Waals surface area contributed by atoms with Gasteiger partial charge in [0.05, 0.1) is 0 Å². The lowest BCUT2D eigenvalue weighted by atomic mass is 10.1. The van der Waals surface area contributed by atoms with E-state index in [0.717, 1.165) is 12.0 Å². The molecule has 4 heteroatoms. The normalized spacial score (nSPS) is 13.7. The molecule has 1 rings (SSSR count). The van der Waals surface area contributed by atoms with Crippen LogP contribution in [0.5, 0.6) is 5.75 Å². The monoisotopic (exact) mass is 248 g/mol. The maximum atomic E-state index is 8.86. The van der Waals surface area contributed by atoms with Gasteiger partial charge in [0.15, 0.2) is 6.61 Å². The molecule has 1 aromatic carbocycles. The van der Waals surface area contributed by atoms with Crippen molar-refractivity contribution in [3.63, 3.8) is 0 Å². The minimum Gasteiger partial charge on any atom is -0.479 e. The Labute approximate surface area is 108 Å². The van der Waals surface area contributed by atoms with Gasteiger partial charge in [-0.15, -0.1) is 0 Å². The van der Waals surface area contributed by atoms with Crippen molar-refractivity contribution < 1.29 is 9.84 Å². The predicted octanol–water partition coefficient (Wildman–Crippen LogP) is 2.01. The van der Waals surface area contributed by atoms with Gasteiger partial charge in [-0.25, -0.2) is 0 Å². The van der Waals surface area contributed by atoms with Crippen LogP contribution in [0.15, 0.2) is 24.3 Å². The first-order chi connectivity index (χ1) is 8.67. The summed E-state index contributed by atoms with van der Waals surface area (Å²) in [6, 6.07) is 10.1. The number of hydrogen-bond donors (Lipinski definition) is 2. The van der Waals surface area contributed by atoms with E-state index in [1.165, 1.54) is 0 Å². The van der Waals surface area contributed by atoms with Gasteiger partial charge >= 0.3 is 0 Å². The molecule has 0 aliphatic rings. The molecular weight excluding hydrogens is 228 g/mol. The van der Waals surface area contributed by atoms with E-state index in [1.54, 1.807) is 0 Å². The maximum Gasteiger partial charge on any atom is 0.174 e. The molecule has 0 spiro atoms. The zero-order chi connectivity index (χ0) is 13.4. The van der Waals surface area contributed by atoms with Gasteiger partial charge in [-0.3, -0.25) is 0 Å². The Morgan fingerprint density at radius 1 is 1.33 bits per heavy atom. The van der Waals surface area contributed by atoms with Gasteiger partial charge in [0, 0.05) is 18.7 Å². The molecule has 1 aromatic rings. The molecule has 4 nitrogen and oxygen atoms in total. The zero-order valence-electron chi connectivity index (χ0n) is 10.9. The third-order valence-corrected chi connectivity index (χ3v) is 2.78. The Kier molecular flexibility index (Phi) is 6.20. The molecular formula is C14H20N2O2. The fourth-order valence-electron chi connectivity index (χ4n) is 1.77. The van der Waals surface area contributed by atoms with E-state index < -0.39 is 0 Å². The molecule has 0 fully saturated rings. The molecule has 0 aliphatic carbocycles. The standard InChI is InChI=1S/C14H20N2O2/c1-11(7-9-17)16-12(2)13-3-5-14(6-4-13)18-10-8-15/h3-6,11-12,16-17H,7,9-10H2,1-2H3. The van der Waals surface area contributed by atoms with Crippen molar-refractivity contribution in [2.45, 2.75) is 32.4 Å². The van der Waals surface area contributed by atoms with Crippen LogP contribution >= 0.6 is 0 Å². The van der Waals surface area contributed by atoms with Crippen LogP contribution in [0.2, 0.25) is 0 Å². The van der Waals surface area contributed by atoms with Crippen LogP contribution in [-0.2, 0) is 0 Å². The number of nitriles is 1. The van der Waals surface area contributed by atoms with Gasteiger partial charge in [-0.1, -0.05) is 12.1 Å². The van der Waals surface area contributed by atoms with E-state index in [0.29, 0.717) is 5.75 Å². The van der Waals surface area contributed by atoms with Crippen LogP contribution in [-0.4, -0.2) is 24.4 Å². The molecule has 0 radical (unpaired) electrons. The summed E-state index contributed by atoms with van der Waals surface area (Å²) in [7, 11) is 0. The lowest BCUT2D eigenvalue weighted by Gasteiger charge is -2.19. The van der Waals surface area contributed by atoms with Crippen LogP contribution in [0.4, 0.5) is 0 Å². The minimum atomic E-state index is 0.0701. The third kappa shape index (κ3) is 4.74. The zero-order valence-corrected chi connectivity index (χ0v) is 10.9. The molecule has 0 saturated carbocycles. The summed E-state index contributed by atoms with van der Waals surface area (Å²) in [6.45, 7) is 4.40.